The maximum absolute atomic E-state index is 11.8. The Hall–Kier alpha value is -3.04. The highest BCUT2D eigenvalue weighted by Gasteiger charge is 2.12. The van der Waals surface area contributed by atoms with Crippen LogP contribution in [-0.4, -0.2) is 17.1 Å². The smallest absolute Gasteiger partial charge is 0.306 e. The molecule has 0 unspecified atom stereocenters. The van der Waals surface area contributed by atoms with Gasteiger partial charge in [0.05, 0.1) is 12.1 Å². The molecule has 1 heterocycles. The molecule has 4 aromatic rings. The first kappa shape index (κ1) is 21.2. The lowest BCUT2D eigenvalue weighted by Crippen LogP contribution is -2.05. The molecule has 0 amide bonds. The number of halogens is 1. The van der Waals surface area contributed by atoms with E-state index >= 15 is 0 Å². The van der Waals surface area contributed by atoms with Crippen LogP contribution in [0, 0.1) is 0 Å². The molecule has 31 heavy (non-hydrogen) atoms. The number of fused-ring (bicyclic) bond motifs is 1. The predicted molar refractivity (Wildman–Crippen MR) is 127 cm³/mol. The molecule has 0 atom stereocenters. The van der Waals surface area contributed by atoms with Crippen LogP contribution in [0.1, 0.15) is 30.0 Å². The van der Waals surface area contributed by atoms with Gasteiger partial charge in [0.15, 0.2) is 0 Å². The molecule has 0 saturated heterocycles. The molecule has 4 heteroatoms. The Labute approximate surface area is 188 Å². The molecule has 0 bridgehead atoms. The second-order valence-electron chi connectivity index (χ2n) is 7.65. The van der Waals surface area contributed by atoms with E-state index in [1.165, 1.54) is 16.5 Å². The number of carbonyl (C=O) groups is 1. The maximum atomic E-state index is 11.8. The Balaban J connectivity index is 1.68. The van der Waals surface area contributed by atoms with Crippen LogP contribution in [0.2, 0.25) is 5.02 Å². The van der Waals surface area contributed by atoms with E-state index in [9.17, 15) is 4.79 Å². The fraction of sp³-hybridized carbons (Fsp3) is 0.222. The molecule has 0 aliphatic carbocycles. The third-order valence-corrected chi connectivity index (χ3v) is 5.72. The van der Waals surface area contributed by atoms with Gasteiger partial charge in [-0.3, -0.25) is 4.79 Å². The van der Waals surface area contributed by atoms with Gasteiger partial charge < -0.3 is 9.30 Å². The van der Waals surface area contributed by atoms with Crippen LogP contribution >= 0.6 is 11.6 Å². The summed E-state index contributed by atoms with van der Waals surface area (Å²) in [5.41, 5.74) is 5.94. The van der Waals surface area contributed by atoms with Crippen LogP contribution in [0.3, 0.4) is 0 Å². The summed E-state index contributed by atoms with van der Waals surface area (Å²) in [6.45, 7) is 2.26. The van der Waals surface area contributed by atoms with Crippen molar-refractivity contribution >= 4 is 28.5 Å². The lowest BCUT2D eigenvalue weighted by atomic mass is 10.0. The number of aryl methyl sites for hydroxylation is 3. The molecule has 0 fully saturated rings. The molecule has 4 rings (SSSR count). The SMILES string of the molecule is CCOC(=O)CCc1ccc2c(c1)c(CCc1ccccc1)cn2-c1cccc(Cl)c1. The topological polar surface area (TPSA) is 31.2 Å². The van der Waals surface area contributed by atoms with Crippen LogP contribution in [0.5, 0.6) is 0 Å². The predicted octanol–water partition coefficient (Wildman–Crippen LogP) is 6.56. The number of carbonyl (C=O) groups excluding carboxylic acids is 1. The number of ether oxygens (including phenoxy) is 1. The number of hydrogen-bond donors (Lipinski definition) is 0. The van der Waals surface area contributed by atoms with Gasteiger partial charge in [-0.15, -0.1) is 0 Å². The summed E-state index contributed by atoms with van der Waals surface area (Å²) in [5.74, 6) is -0.150. The minimum absolute atomic E-state index is 0.150. The van der Waals surface area contributed by atoms with E-state index in [4.69, 9.17) is 16.3 Å². The molecule has 0 spiro atoms. The van der Waals surface area contributed by atoms with Gasteiger partial charge in [-0.2, -0.15) is 0 Å². The van der Waals surface area contributed by atoms with E-state index in [0.29, 0.717) is 19.4 Å². The molecule has 3 aromatic carbocycles. The first-order valence-corrected chi connectivity index (χ1v) is 11.1. The Morgan fingerprint density at radius 1 is 0.903 bits per heavy atom. The average molecular weight is 432 g/mol. The molecule has 158 valence electrons. The fourth-order valence-electron chi connectivity index (χ4n) is 3.94. The molecule has 0 aliphatic heterocycles. The first-order valence-electron chi connectivity index (χ1n) is 10.7. The van der Waals surface area contributed by atoms with Crippen molar-refractivity contribution in [1.82, 2.24) is 4.57 Å². The van der Waals surface area contributed by atoms with Crippen LogP contribution in [-0.2, 0) is 28.8 Å². The van der Waals surface area contributed by atoms with Crippen molar-refractivity contribution in [2.45, 2.75) is 32.6 Å². The minimum Gasteiger partial charge on any atom is -0.466 e. The Morgan fingerprint density at radius 2 is 1.74 bits per heavy atom. The van der Waals surface area contributed by atoms with Gasteiger partial charge in [0.25, 0.3) is 0 Å². The Kier molecular flexibility index (Phi) is 6.73. The van der Waals surface area contributed by atoms with E-state index in [2.05, 4.69) is 59.3 Å². The molecule has 0 radical (unpaired) electrons. The molecule has 0 N–H and O–H groups in total. The highest BCUT2D eigenvalue weighted by atomic mass is 35.5. The lowest BCUT2D eigenvalue weighted by molar-refractivity contribution is -0.143. The van der Waals surface area contributed by atoms with Crippen molar-refractivity contribution in [2.24, 2.45) is 0 Å². The summed E-state index contributed by atoms with van der Waals surface area (Å²) >= 11 is 6.26. The van der Waals surface area contributed by atoms with Crippen molar-refractivity contribution in [3.8, 4) is 5.69 Å². The normalized spacial score (nSPS) is 11.0. The largest absolute Gasteiger partial charge is 0.466 e. The zero-order valence-corrected chi connectivity index (χ0v) is 18.4. The third-order valence-electron chi connectivity index (χ3n) is 5.49. The maximum Gasteiger partial charge on any atom is 0.306 e. The average Bonchev–Trinajstić information content (AvgIpc) is 3.15. The Bertz CT molecular complexity index is 1180. The van der Waals surface area contributed by atoms with Crippen LogP contribution in [0.25, 0.3) is 16.6 Å². The van der Waals surface area contributed by atoms with Crippen LogP contribution in [0.15, 0.2) is 79.0 Å². The summed E-state index contributed by atoms with van der Waals surface area (Å²) < 4.78 is 7.28. The quantitative estimate of drug-likeness (QED) is 0.295. The number of nitrogens with zero attached hydrogens (tertiary/aromatic N) is 1. The minimum atomic E-state index is -0.150. The van der Waals surface area contributed by atoms with Gasteiger partial charge in [0.1, 0.15) is 0 Å². The van der Waals surface area contributed by atoms with Gasteiger partial charge in [-0.05, 0) is 73.2 Å². The van der Waals surface area contributed by atoms with E-state index in [1.807, 2.05) is 31.2 Å². The zero-order chi connectivity index (χ0) is 21.6. The summed E-state index contributed by atoms with van der Waals surface area (Å²) in [4.78, 5) is 11.8. The molecule has 3 nitrogen and oxygen atoms in total. The van der Waals surface area contributed by atoms with Gasteiger partial charge in [0.2, 0.25) is 0 Å². The molecular weight excluding hydrogens is 406 g/mol. The monoisotopic (exact) mass is 431 g/mol. The standard InChI is InChI=1S/C27H26ClNO2/c1-2-31-27(30)16-13-21-12-15-26-25(17-21)22(14-11-20-7-4-3-5-8-20)19-29(26)24-10-6-9-23(28)18-24/h3-10,12,15,17-19H,2,11,13-14,16H2,1H3. The second kappa shape index (κ2) is 9.84. The van der Waals surface area contributed by atoms with Crippen molar-refractivity contribution in [1.29, 1.82) is 0 Å². The number of hydrogen-bond acceptors (Lipinski definition) is 2. The molecule has 0 saturated carbocycles. The fourth-order valence-corrected chi connectivity index (χ4v) is 4.13. The second-order valence-corrected chi connectivity index (χ2v) is 8.08. The van der Waals surface area contributed by atoms with Crippen molar-refractivity contribution in [2.75, 3.05) is 6.61 Å². The van der Waals surface area contributed by atoms with Crippen molar-refractivity contribution in [3.63, 3.8) is 0 Å². The van der Waals surface area contributed by atoms with Crippen LogP contribution in [0.4, 0.5) is 0 Å². The van der Waals surface area contributed by atoms with Crippen molar-refractivity contribution in [3.05, 3.63) is 101 Å². The van der Waals surface area contributed by atoms with E-state index < -0.39 is 0 Å². The summed E-state index contributed by atoms with van der Waals surface area (Å²) in [6.07, 6.45) is 5.20. The zero-order valence-electron chi connectivity index (χ0n) is 17.7. The summed E-state index contributed by atoms with van der Waals surface area (Å²) in [7, 11) is 0. The van der Waals surface area contributed by atoms with E-state index in [1.54, 1.807) is 0 Å². The van der Waals surface area contributed by atoms with Gasteiger partial charge >= 0.3 is 5.97 Å². The number of esters is 1. The van der Waals surface area contributed by atoms with Gasteiger partial charge in [0, 0.05) is 28.7 Å². The molecule has 0 aliphatic rings. The van der Waals surface area contributed by atoms with Crippen molar-refractivity contribution < 1.29 is 9.53 Å². The number of aromatic nitrogens is 1. The van der Waals surface area contributed by atoms with Crippen LogP contribution < -0.4 is 0 Å². The summed E-state index contributed by atoms with van der Waals surface area (Å²) in [6, 6.07) is 24.9. The number of benzene rings is 3. The highest BCUT2D eigenvalue weighted by molar-refractivity contribution is 6.30. The lowest BCUT2D eigenvalue weighted by Gasteiger charge is -2.07. The van der Waals surface area contributed by atoms with Gasteiger partial charge in [-0.25, -0.2) is 0 Å². The van der Waals surface area contributed by atoms with E-state index in [0.717, 1.165) is 34.6 Å². The van der Waals surface area contributed by atoms with E-state index in [-0.39, 0.29) is 5.97 Å². The Morgan fingerprint density at radius 3 is 2.52 bits per heavy atom. The molecular formula is C27H26ClNO2. The number of rotatable bonds is 8. The first-order chi connectivity index (χ1) is 15.1. The molecule has 1 aromatic heterocycles. The van der Waals surface area contributed by atoms with Gasteiger partial charge in [-0.1, -0.05) is 54.1 Å². The highest BCUT2D eigenvalue weighted by Crippen LogP contribution is 2.28. The summed E-state index contributed by atoms with van der Waals surface area (Å²) in [5, 5.41) is 1.94. The third kappa shape index (κ3) is 5.18.